The van der Waals surface area contributed by atoms with Gasteiger partial charge in [-0.25, -0.2) is 9.13 Å². The lowest BCUT2D eigenvalue weighted by molar-refractivity contribution is -0.161. The summed E-state index contributed by atoms with van der Waals surface area (Å²) >= 11 is 0. The van der Waals surface area contributed by atoms with E-state index in [4.69, 9.17) is 37.0 Å². The number of unbranched alkanes of at least 4 members (excludes halogenated alkanes) is 32. The Morgan fingerprint density at radius 2 is 0.539 bits per heavy atom. The van der Waals surface area contributed by atoms with Gasteiger partial charge in [0.15, 0.2) is 12.2 Å². The Bertz CT molecular complexity index is 1770. The molecule has 0 amide bonds. The fraction of sp³-hybridized carbons (Fsp3) is 0.943. The summed E-state index contributed by atoms with van der Waals surface area (Å²) < 4.78 is 68.3. The zero-order valence-corrected chi connectivity index (χ0v) is 59.8. The van der Waals surface area contributed by atoms with Crippen molar-refractivity contribution in [3.63, 3.8) is 0 Å². The van der Waals surface area contributed by atoms with Gasteiger partial charge in [0, 0.05) is 25.7 Å². The molecule has 0 radical (unpaired) electrons. The molecule has 528 valence electrons. The summed E-state index contributed by atoms with van der Waals surface area (Å²) in [6, 6.07) is 0. The van der Waals surface area contributed by atoms with Crippen LogP contribution in [0.3, 0.4) is 0 Å². The van der Waals surface area contributed by atoms with Crippen LogP contribution >= 0.6 is 15.6 Å². The topological polar surface area (TPSA) is 237 Å². The number of esters is 4. The molecule has 89 heavy (non-hydrogen) atoms. The van der Waals surface area contributed by atoms with Gasteiger partial charge in [-0.15, -0.1) is 0 Å². The number of phosphoric acid groups is 2. The molecule has 0 aliphatic heterocycles. The summed E-state index contributed by atoms with van der Waals surface area (Å²) in [7, 11) is -9.90. The zero-order chi connectivity index (χ0) is 66.1. The minimum Gasteiger partial charge on any atom is -0.462 e. The SMILES string of the molecule is CCC(C)CCCCCCCCCCCCC(=O)OC[C@H](COP(=O)(O)OC[C@@H](O)COP(=O)(O)OC[C@@H](COC(=O)CCCCCCCCC(C)C)OC(=O)CCCCCCCCCCCC(C)C)OC(=O)CCCCCCCCCCCCCC(C)C. The van der Waals surface area contributed by atoms with Gasteiger partial charge in [0.05, 0.1) is 26.4 Å². The molecule has 0 aromatic rings. The quantitative estimate of drug-likeness (QED) is 0.0222. The van der Waals surface area contributed by atoms with Crippen LogP contribution in [0.5, 0.6) is 0 Å². The average molecular weight is 1310 g/mol. The minimum absolute atomic E-state index is 0.104. The molecule has 19 heteroatoms. The number of carbonyl (C=O) groups excluding carboxylic acids is 4. The third kappa shape index (κ3) is 63.2. The Hall–Kier alpha value is -1.94. The van der Waals surface area contributed by atoms with E-state index < -0.39 is 97.5 Å². The second-order valence-corrected chi connectivity index (χ2v) is 29.8. The Morgan fingerprint density at radius 3 is 0.798 bits per heavy atom. The lowest BCUT2D eigenvalue weighted by atomic mass is 9.99. The molecule has 0 fully saturated rings. The zero-order valence-electron chi connectivity index (χ0n) is 58.1. The first kappa shape index (κ1) is 87.1. The van der Waals surface area contributed by atoms with Crippen molar-refractivity contribution in [2.24, 2.45) is 23.7 Å². The van der Waals surface area contributed by atoms with Crippen LogP contribution in [-0.2, 0) is 65.4 Å². The van der Waals surface area contributed by atoms with Gasteiger partial charge in [-0.1, -0.05) is 293 Å². The van der Waals surface area contributed by atoms with E-state index >= 15 is 0 Å². The third-order valence-corrected chi connectivity index (χ3v) is 18.3. The molecular formula is C70H136O17P2. The lowest BCUT2D eigenvalue weighted by Gasteiger charge is -2.21. The fourth-order valence-electron chi connectivity index (χ4n) is 10.5. The first-order valence-corrected chi connectivity index (χ1v) is 39.2. The molecule has 0 rings (SSSR count). The highest BCUT2D eigenvalue weighted by Gasteiger charge is 2.30. The summed E-state index contributed by atoms with van der Waals surface area (Å²) in [5, 5.41) is 10.6. The van der Waals surface area contributed by atoms with Crippen molar-refractivity contribution in [2.75, 3.05) is 39.6 Å². The van der Waals surface area contributed by atoms with Crippen LogP contribution in [0.15, 0.2) is 0 Å². The Balaban J connectivity index is 5.26. The van der Waals surface area contributed by atoms with E-state index in [-0.39, 0.29) is 25.7 Å². The molecule has 6 atom stereocenters. The number of hydrogen-bond donors (Lipinski definition) is 3. The van der Waals surface area contributed by atoms with Gasteiger partial charge < -0.3 is 33.8 Å². The van der Waals surface area contributed by atoms with Gasteiger partial charge in [-0.2, -0.15) is 0 Å². The van der Waals surface area contributed by atoms with Gasteiger partial charge in [0.25, 0.3) is 0 Å². The second-order valence-electron chi connectivity index (χ2n) is 26.9. The molecule has 0 aliphatic rings. The normalized spacial score (nSPS) is 14.6. The van der Waals surface area contributed by atoms with Crippen molar-refractivity contribution >= 4 is 39.5 Å². The number of aliphatic hydroxyl groups is 1. The molecule has 0 aromatic carbocycles. The molecule has 3 unspecified atom stereocenters. The van der Waals surface area contributed by atoms with Crippen molar-refractivity contribution in [3.8, 4) is 0 Å². The van der Waals surface area contributed by atoms with Crippen LogP contribution in [0.4, 0.5) is 0 Å². The van der Waals surface area contributed by atoms with Crippen LogP contribution in [0.1, 0.15) is 344 Å². The average Bonchev–Trinajstić information content (AvgIpc) is 3.69. The number of carbonyl (C=O) groups is 4. The largest absolute Gasteiger partial charge is 0.472 e. The number of ether oxygens (including phenoxy) is 4. The number of rotatable bonds is 67. The van der Waals surface area contributed by atoms with Crippen molar-refractivity contribution in [1.29, 1.82) is 0 Å². The highest BCUT2D eigenvalue weighted by molar-refractivity contribution is 7.47. The molecule has 3 N–H and O–H groups in total. The molecule has 0 saturated heterocycles. The van der Waals surface area contributed by atoms with E-state index in [9.17, 15) is 43.2 Å². The predicted octanol–water partition coefficient (Wildman–Crippen LogP) is 19.7. The first-order valence-electron chi connectivity index (χ1n) is 36.2. The lowest BCUT2D eigenvalue weighted by Crippen LogP contribution is -2.30. The Morgan fingerprint density at radius 1 is 0.315 bits per heavy atom. The van der Waals surface area contributed by atoms with Gasteiger partial charge in [0.2, 0.25) is 0 Å². The smallest absolute Gasteiger partial charge is 0.462 e. The summed E-state index contributed by atoms with van der Waals surface area (Å²) in [4.78, 5) is 72.5. The van der Waals surface area contributed by atoms with E-state index in [1.165, 1.54) is 141 Å². The van der Waals surface area contributed by atoms with E-state index in [0.29, 0.717) is 31.6 Å². The Kier molecular flexibility index (Phi) is 58.5. The van der Waals surface area contributed by atoms with Crippen LogP contribution in [-0.4, -0.2) is 96.7 Å². The van der Waals surface area contributed by atoms with E-state index in [1.807, 2.05) is 0 Å². The molecular weight excluding hydrogens is 1170 g/mol. The standard InChI is InChI=1S/C70H136O17P2/c1-9-63(8)49-41-33-24-18-13-14-19-25-34-42-50-67(72)80-56-65(86-69(74)52-44-36-26-20-12-10-11-16-22-30-38-46-60(2)3)58-84-88(76,77)82-54-64(71)55-83-89(78,79)85-59-66(57-81-68(73)51-43-35-29-28-32-40-48-62(6)7)87-70(75)53-45-37-27-21-15-17-23-31-39-47-61(4)5/h60-66,71H,9-59H2,1-8H3,(H,76,77)(H,78,79)/t63?,64-,65-,66-/m1/s1. The van der Waals surface area contributed by atoms with Gasteiger partial charge >= 0.3 is 39.5 Å². The van der Waals surface area contributed by atoms with Gasteiger partial charge in [-0.3, -0.25) is 37.3 Å². The molecule has 0 bridgehead atoms. The van der Waals surface area contributed by atoms with Gasteiger partial charge in [-0.05, 0) is 49.4 Å². The summed E-state index contributed by atoms with van der Waals surface area (Å²) in [6.45, 7) is 14.1. The molecule has 0 aromatic heterocycles. The van der Waals surface area contributed by atoms with E-state index in [1.54, 1.807) is 0 Å². The summed E-state index contributed by atoms with van der Waals surface area (Å²) in [5.41, 5.74) is 0. The molecule has 0 aliphatic carbocycles. The maximum Gasteiger partial charge on any atom is 0.472 e. The Labute approximate surface area is 543 Å². The molecule has 17 nitrogen and oxygen atoms in total. The van der Waals surface area contributed by atoms with Crippen LogP contribution < -0.4 is 0 Å². The van der Waals surface area contributed by atoms with Crippen molar-refractivity contribution in [2.45, 2.75) is 363 Å². The maximum absolute atomic E-state index is 13.0. The summed E-state index contributed by atoms with van der Waals surface area (Å²) in [6.07, 6.45) is 41.7. The van der Waals surface area contributed by atoms with Crippen molar-refractivity contribution < 1.29 is 80.2 Å². The molecule has 0 saturated carbocycles. The highest BCUT2D eigenvalue weighted by Crippen LogP contribution is 2.45. The van der Waals surface area contributed by atoms with Crippen LogP contribution in [0.2, 0.25) is 0 Å². The van der Waals surface area contributed by atoms with Gasteiger partial charge in [0.1, 0.15) is 19.3 Å². The van der Waals surface area contributed by atoms with Crippen LogP contribution in [0.25, 0.3) is 0 Å². The van der Waals surface area contributed by atoms with Crippen molar-refractivity contribution in [1.82, 2.24) is 0 Å². The molecule has 0 heterocycles. The first-order chi connectivity index (χ1) is 42.6. The number of aliphatic hydroxyl groups excluding tert-OH is 1. The minimum atomic E-state index is -4.95. The highest BCUT2D eigenvalue weighted by atomic mass is 31.2. The maximum atomic E-state index is 13.0. The fourth-order valence-corrected chi connectivity index (χ4v) is 12.0. The summed E-state index contributed by atoms with van der Waals surface area (Å²) in [5.74, 6) is 0.860. The third-order valence-electron chi connectivity index (χ3n) is 16.4. The second kappa shape index (κ2) is 59.8. The van der Waals surface area contributed by atoms with E-state index in [0.717, 1.165) is 114 Å². The number of phosphoric ester groups is 2. The predicted molar refractivity (Wildman–Crippen MR) is 358 cm³/mol. The van der Waals surface area contributed by atoms with Crippen molar-refractivity contribution in [3.05, 3.63) is 0 Å². The van der Waals surface area contributed by atoms with E-state index in [2.05, 4.69) is 55.4 Å². The van der Waals surface area contributed by atoms with Crippen LogP contribution in [0, 0.1) is 23.7 Å². The number of hydrogen-bond acceptors (Lipinski definition) is 15. The monoisotopic (exact) mass is 1310 g/mol. The molecule has 0 spiro atoms.